The van der Waals surface area contributed by atoms with Gasteiger partial charge >= 0.3 is 0 Å². The van der Waals surface area contributed by atoms with Crippen molar-refractivity contribution in [1.29, 1.82) is 0 Å². The number of hydrogen-bond donors (Lipinski definition) is 0. The van der Waals surface area contributed by atoms with E-state index < -0.39 is 16.4 Å². The van der Waals surface area contributed by atoms with Crippen LogP contribution >= 0.6 is 0 Å². The van der Waals surface area contributed by atoms with Gasteiger partial charge in [0.15, 0.2) is 0 Å². The third kappa shape index (κ3) is 5.62. The van der Waals surface area contributed by atoms with Crippen molar-refractivity contribution in [2.75, 3.05) is 7.05 Å². The van der Waals surface area contributed by atoms with Gasteiger partial charge < -0.3 is 9.33 Å². The van der Waals surface area contributed by atoms with E-state index in [4.69, 9.17) is 9.41 Å². The zero-order chi connectivity index (χ0) is 29.6. The first-order valence-corrected chi connectivity index (χ1v) is 20.0. The van der Waals surface area contributed by atoms with Crippen molar-refractivity contribution in [1.82, 2.24) is 9.88 Å². The topological polar surface area (TPSA) is 42.4 Å². The van der Waals surface area contributed by atoms with Gasteiger partial charge in [0.25, 0.3) is 14.2 Å². The van der Waals surface area contributed by atoms with E-state index in [1.54, 1.807) is 4.90 Å². The number of carbonyl (C=O) groups is 1. The summed E-state index contributed by atoms with van der Waals surface area (Å²) in [7, 11) is -2.27. The lowest BCUT2D eigenvalue weighted by atomic mass is 9.95. The second kappa shape index (κ2) is 11.1. The van der Waals surface area contributed by atoms with E-state index in [-0.39, 0.29) is 11.7 Å². The SMILES string of the molecule is CC(C)[Si](Oc1c2c(c(C#C[Si](C)(C)C)c3cc(Cc4ccc(F)cc4)cnc13)CN(C)C2=O)(C(C)C)C(C)C. The monoisotopic (exact) mass is 574 g/mol. The number of benzene rings is 2. The summed E-state index contributed by atoms with van der Waals surface area (Å²) >= 11 is 0. The zero-order valence-corrected chi connectivity index (χ0v) is 27.7. The maximum Gasteiger partial charge on any atom is 0.258 e. The molecule has 0 unspecified atom stereocenters. The molecule has 3 aromatic rings. The molecule has 0 spiro atoms. The van der Waals surface area contributed by atoms with Crippen LogP contribution in [0, 0.1) is 17.3 Å². The molecule has 0 bridgehead atoms. The number of pyridine rings is 1. The van der Waals surface area contributed by atoms with E-state index in [1.807, 2.05) is 25.4 Å². The normalized spacial score (nSPS) is 13.8. The molecule has 0 N–H and O–H groups in total. The Morgan fingerprint density at radius 3 is 2.15 bits per heavy atom. The first-order chi connectivity index (χ1) is 18.7. The van der Waals surface area contributed by atoms with Gasteiger partial charge in [0.1, 0.15) is 25.2 Å². The van der Waals surface area contributed by atoms with Gasteiger partial charge in [-0.05, 0) is 52.4 Å². The number of halogens is 1. The summed E-state index contributed by atoms with van der Waals surface area (Å²) in [6.45, 7) is 20.7. The Morgan fingerprint density at radius 1 is 1.00 bits per heavy atom. The Balaban J connectivity index is 2.05. The molecule has 1 amide bonds. The highest BCUT2D eigenvalue weighted by molar-refractivity contribution is 6.84. The second-order valence-corrected chi connectivity index (χ2v) is 23.3. The van der Waals surface area contributed by atoms with Crippen molar-refractivity contribution in [3.63, 3.8) is 0 Å². The average Bonchev–Trinajstić information content (AvgIpc) is 3.15. The molecule has 4 rings (SSSR count). The largest absolute Gasteiger partial charge is 0.541 e. The lowest BCUT2D eigenvalue weighted by Crippen LogP contribution is -2.51. The van der Waals surface area contributed by atoms with Crippen LogP contribution in [-0.2, 0) is 13.0 Å². The molecule has 40 heavy (non-hydrogen) atoms. The Hall–Kier alpha value is -2.96. The molecule has 212 valence electrons. The molecule has 4 nitrogen and oxygen atoms in total. The highest BCUT2D eigenvalue weighted by Gasteiger charge is 2.48. The van der Waals surface area contributed by atoms with Gasteiger partial charge in [0.05, 0.1) is 5.56 Å². The van der Waals surface area contributed by atoms with Crippen LogP contribution in [0.3, 0.4) is 0 Å². The van der Waals surface area contributed by atoms with Crippen LogP contribution in [0.1, 0.15) is 74.2 Å². The Kier molecular flexibility index (Phi) is 8.36. The highest BCUT2D eigenvalue weighted by atomic mass is 28.4. The van der Waals surface area contributed by atoms with Gasteiger partial charge in [0, 0.05) is 36.3 Å². The quantitative estimate of drug-likeness (QED) is 0.210. The molecule has 0 saturated heterocycles. The van der Waals surface area contributed by atoms with Crippen molar-refractivity contribution in [2.45, 2.75) is 90.8 Å². The molecular formula is C33H43FN2O2Si2. The van der Waals surface area contributed by atoms with Crippen molar-refractivity contribution >= 4 is 33.2 Å². The minimum Gasteiger partial charge on any atom is -0.541 e. The van der Waals surface area contributed by atoms with Crippen molar-refractivity contribution in [3.8, 4) is 17.2 Å². The summed E-state index contributed by atoms with van der Waals surface area (Å²) in [5, 5.41) is 0.932. The fourth-order valence-corrected chi connectivity index (χ4v) is 12.0. The van der Waals surface area contributed by atoms with Crippen molar-refractivity contribution < 1.29 is 13.6 Å². The fraction of sp³-hybridized carbons (Fsp3) is 0.455. The minimum atomic E-state index is -2.40. The molecule has 0 radical (unpaired) electrons. The molecule has 1 aliphatic rings. The van der Waals surface area contributed by atoms with Crippen LogP contribution < -0.4 is 4.43 Å². The zero-order valence-electron chi connectivity index (χ0n) is 25.7. The van der Waals surface area contributed by atoms with Crippen molar-refractivity contribution in [3.05, 3.63) is 70.2 Å². The molecule has 7 heteroatoms. The van der Waals surface area contributed by atoms with E-state index >= 15 is 0 Å². The standard InChI is InChI=1S/C33H43FN2O2Si2/c1-21(2)40(22(3)4,23(5)6)38-32-30-29(20-36(7)33(30)37)27(15-16-39(8,9)10)28-18-25(19-35-31(28)32)17-24-11-13-26(34)14-12-24/h11-14,18-19,21-23H,17,20H2,1-10H3. The Labute approximate surface area is 241 Å². The van der Waals surface area contributed by atoms with Gasteiger partial charge in [-0.2, -0.15) is 0 Å². The summed E-state index contributed by atoms with van der Waals surface area (Å²) in [4.78, 5) is 20.5. The molecule has 0 saturated carbocycles. The van der Waals surface area contributed by atoms with Gasteiger partial charge in [-0.25, -0.2) is 4.39 Å². The maximum atomic E-state index is 13.7. The maximum absolute atomic E-state index is 13.7. The summed E-state index contributed by atoms with van der Waals surface area (Å²) in [5.41, 5.74) is 9.77. The van der Waals surface area contributed by atoms with Gasteiger partial charge in [0.2, 0.25) is 0 Å². The lowest BCUT2D eigenvalue weighted by Gasteiger charge is -2.42. The predicted octanol–water partition coefficient (Wildman–Crippen LogP) is 8.33. The molecule has 1 aliphatic heterocycles. The van der Waals surface area contributed by atoms with Crippen LogP contribution in [0.25, 0.3) is 10.9 Å². The number of rotatable bonds is 7. The summed E-state index contributed by atoms with van der Waals surface area (Å²) in [6.07, 6.45) is 2.49. The van der Waals surface area contributed by atoms with Gasteiger partial charge in [-0.3, -0.25) is 9.78 Å². The molecule has 0 fully saturated rings. The van der Waals surface area contributed by atoms with E-state index in [1.165, 1.54) is 12.1 Å². The molecule has 2 aromatic carbocycles. The van der Waals surface area contributed by atoms with E-state index in [9.17, 15) is 9.18 Å². The number of fused-ring (bicyclic) bond motifs is 2. The van der Waals surface area contributed by atoms with Gasteiger partial charge in [-0.15, -0.1) is 5.54 Å². The molecular weight excluding hydrogens is 532 g/mol. The number of amides is 1. The average molecular weight is 575 g/mol. The highest BCUT2D eigenvalue weighted by Crippen LogP contribution is 2.47. The Morgan fingerprint density at radius 2 is 1.60 bits per heavy atom. The summed E-state index contributed by atoms with van der Waals surface area (Å²) < 4.78 is 20.8. The number of nitrogens with zero attached hydrogens (tertiary/aromatic N) is 2. The molecule has 2 heterocycles. The fourth-order valence-electron chi connectivity index (χ4n) is 6.26. The predicted molar refractivity (Wildman–Crippen MR) is 169 cm³/mol. The van der Waals surface area contributed by atoms with Crippen LogP contribution in [0.4, 0.5) is 4.39 Å². The number of carbonyl (C=O) groups excluding carboxylic acids is 1. The van der Waals surface area contributed by atoms with E-state index in [0.29, 0.717) is 46.4 Å². The van der Waals surface area contributed by atoms with Crippen molar-refractivity contribution in [2.24, 2.45) is 0 Å². The lowest BCUT2D eigenvalue weighted by molar-refractivity contribution is 0.0815. The Bertz CT molecular complexity index is 1470. The van der Waals surface area contributed by atoms with Crippen LogP contribution in [0.2, 0.25) is 36.3 Å². The van der Waals surface area contributed by atoms with Crippen LogP contribution in [-0.4, -0.2) is 39.2 Å². The molecule has 0 aliphatic carbocycles. The molecule has 1 aromatic heterocycles. The third-order valence-electron chi connectivity index (χ3n) is 8.09. The number of hydrogen-bond acceptors (Lipinski definition) is 3. The minimum absolute atomic E-state index is 0.0284. The first-order valence-electron chi connectivity index (χ1n) is 14.3. The van der Waals surface area contributed by atoms with Crippen LogP contribution in [0.5, 0.6) is 5.75 Å². The third-order valence-corrected chi connectivity index (χ3v) is 14.9. The second-order valence-electron chi connectivity index (χ2n) is 13.2. The van der Waals surface area contributed by atoms with E-state index in [0.717, 1.165) is 27.6 Å². The van der Waals surface area contributed by atoms with Gasteiger partial charge in [-0.1, -0.05) is 79.2 Å². The summed E-state index contributed by atoms with van der Waals surface area (Å²) in [6, 6.07) is 8.75. The summed E-state index contributed by atoms with van der Waals surface area (Å²) in [5.74, 6) is 3.88. The van der Waals surface area contributed by atoms with Crippen LogP contribution in [0.15, 0.2) is 36.5 Å². The first kappa shape index (κ1) is 30.0. The molecule has 0 atom stereocenters. The number of aromatic nitrogens is 1. The smallest absolute Gasteiger partial charge is 0.258 e. The van der Waals surface area contributed by atoms with E-state index in [2.05, 4.69) is 78.7 Å².